The Morgan fingerprint density at radius 2 is 2.35 bits per heavy atom. The molecule has 1 saturated carbocycles. The van der Waals surface area contributed by atoms with E-state index in [1.54, 1.807) is 7.11 Å². The van der Waals surface area contributed by atoms with E-state index in [1.165, 1.54) is 0 Å². The Morgan fingerprint density at radius 3 is 3.19 bits per heavy atom. The molecule has 4 rings (SSSR count). The zero-order valence-electron chi connectivity index (χ0n) is 14.8. The number of aromatic nitrogens is 2. The van der Waals surface area contributed by atoms with Crippen LogP contribution in [0.2, 0.25) is 0 Å². The highest BCUT2D eigenvalue weighted by molar-refractivity contribution is 5.76. The third kappa shape index (κ3) is 3.58. The molecule has 1 N–H and O–H groups in total. The molecule has 1 saturated heterocycles. The average molecular weight is 357 g/mol. The summed E-state index contributed by atoms with van der Waals surface area (Å²) in [6, 6.07) is 7.81. The van der Waals surface area contributed by atoms with E-state index in [0.717, 1.165) is 30.8 Å². The number of hydrogen-bond donors (Lipinski definition) is 1. The van der Waals surface area contributed by atoms with E-state index in [9.17, 15) is 4.79 Å². The Labute approximate surface area is 152 Å². The van der Waals surface area contributed by atoms with E-state index < -0.39 is 0 Å². The molecular formula is C19H23N3O4. The van der Waals surface area contributed by atoms with Crippen LogP contribution in [-0.4, -0.2) is 41.9 Å². The molecule has 7 heteroatoms. The number of amides is 1. The van der Waals surface area contributed by atoms with Crippen LogP contribution >= 0.6 is 0 Å². The predicted octanol–water partition coefficient (Wildman–Crippen LogP) is 2.36. The topological polar surface area (TPSA) is 86.5 Å². The first-order chi connectivity index (χ1) is 12.7. The number of rotatable bonds is 7. The molecule has 2 aliphatic rings. The van der Waals surface area contributed by atoms with Gasteiger partial charge in [-0.15, -0.1) is 0 Å². The van der Waals surface area contributed by atoms with Gasteiger partial charge in [0, 0.05) is 37.0 Å². The standard InChI is InChI=1S/C19H23N3O4/c1-24-13-5-2-4-12(10-13)19-21-18(26-22-19)7-3-6-17(23)20-15-11-16-14(15)8-9-25-16/h2,4-5,10,14-16H,3,6-9,11H2,1H3,(H,20,23)/t14-,15+,16+/m1/s1. The Kier molecular flexibility index (Phi) is 4.88. The number of aryl methyl sites for hydroxylation is 1. The SMILES string of the molecule is COc1cccc(-c2noc(CCCC(=O)N[C@H]3C[C@@H]4OCC[C@H]34)n2)c1. The van der Waals surface area contributed by atoms with E-state index >= 15 is 0 Å². The maximum absolute atomic E-state index is 12.1. The lowest BCUT2D eigenvalue weighted by molar-refractivity contribution is -0.124. The smallest absolute Gasteiger partial charge is 0.226 e. The molecule has 2 fully saturated rings. The van der Waals surface area contributed by atoms with Gasteiger partial charge in [0.15, 0.2) is 0 Å². The van der Waals surface area contributed by atoms with E-state index in [4.69, 9.17) is 14.0 Å². The second-order valence-electron chi connectivity index (χ2n) is 6.87. The van der Waals surface area contributed by atoms with Crippen molar-refractivity contribution < 1.29 is 18.8 Å². The molecule has 138 valence electrons. The molecule has 2 aromatic rings. The van der Waals surface area contributed by atoms with Crippen molar-refractivity contribution in [3.8, 4) is 17.1 Å². The molecule has 0 bridgehead atoms. The van der Waals surface area contributed by atoms with Crippen molar-refractivity contribution >= 4 is 5.91 Å². The van der Waals surface area contributed by atoms with Crippen LogP contribution in [0.1, 0.15) is 31.6 Å². The molecule has 1 aliphatic carbocycles. The van der Waals surface area contributed by atoms with E-state index in [0.29, 0.717) is 43.0 Å². The third-order valence-electron chi connectivity index (χ3n) is 5.20. The van der Waals surface area contributed by atoms with Crippen LogP contribution < -0.4 is 10.1 Å². The molecule has 26 heavy (non-hydrogen) atoms. The molecule has 1 aromatic heterocycles. The van der Waals surface area contributed by atoms with Crippen LogP contribution in [0.3, 0.4) is 0 Å². The Morgan fingerprint density at radius 1 is 1.42 bits per heavy atom. The van der Waals surface area contributed by atoms with Crippen LogP contribution in [0.4, 0.5) is 0 Å². The van der Waals surface area contributed by atoms with Crippen LogP contribution in [-0.2, 0) is 16.0 Å². The fraction of sp³-hybridized carbons (Fsp3) is 0.526. The fourth-order valence-electron chi connectivity index (χ4n) is 3.68. The summed E-state index contributed by atoms with van der Waals surface area (Å²) in [5.41, 5.74) is 0.843. The van der Waals surface area contributed by atoms with Crippen molar-refractivity contribution in [2.75, 3.05) is 13.7 Å². The lowest BCUT2D eigenvalue weighted by Gasteiger charge is -2.39. The first-order valence-electron chi connectivity index (χ1n) is 9.11. The molecular weight excluding hydrogens is 334 g/mol. The van der Waals surface area contributed by atoms with Gasteiger partial charge in [0.05, 0.1) is 13.2 Å². The Balaban J connectivity index is 1.24. The van der Waals surface area contributed by atoms with Gasteiger partial charge >= 0.3 is 0 Å². The molecule has 2 heterocycles. The van der Waals surface area contributed by atoms with Crippen molar-refractivity contribution in [1.29, 1.82) is 0 Å². The number of benzene rings is 1. The molecule has 0 unspecified atom stereocenters. The summed E-state index contributed by atoms with van der Waals surface area (Å²) in [6.45, 7) is 0.828. The van der Waals surface area contributed by atoms with Gasteiger partial charge in [-0.25, -0.2) is 0 Å². The molecule has 3 atom stereocenters. The highest BCUT2D eigenvalue weighted by Gasteiger charge is 2.45. The van der Waals surface area contributed by atoms with E-state index in [-0.39, 0.29) is 11.9 Å². The number of ether oxygens (including phenoxy) is 2. The highest BCUT2D eigenvalue weighted by Crippen LogP contribution is 2.38. The molecule has 1 aromatic carbocycles. The molecule has 1 aliphatic heterocycles. The van der Waals surface area contributed by atoms with Gasteiger partial charge in [-0.05, 0) is 31.4 Å². The summed E-state index contributed by atoms with van der Waals surface area (Å²) in [7, 11) is 1.62. The van der Waals surface area contributed by atoms with Gasteiger partial charge in [0.25, 0.3) is 0 Å². The maximum Gasteiger partial charge on any atom is 0.226 e. The number of hydrogen-bond acceptors (Lipinski definition) is 6. The third-order valence-corrected chi connectivity index (χ3v) is 5.20. The zero-order chi connectivity index (χ0) is 17.9. The summed E-state index contributed by atoms with van der Waals surface area (Å²) < 4.78 is 16.1. The number of nitrogens with zero attached hydrogens (tertiary/aromatic N) is 2. The van der Waals surface area contributed by atoms with Crippen molar-refractivity contribution in [2.24, 2.45) is 5.92 Å². The summed E-state index contributed by atoms with van der Waals surface area (Å²) in [6.07, 6.45) is 4.11. The summed E-state index contributed by atoms with van der Waals surface area (Å²) in [5.74, 6) is 2.43. The zero-order valence-corrected chi connectivity index (χ0v) is 14.8. The second-order valence-corrected chi connectivity index (χ2v) is 6.87. The van der Waals surface area contributed by atoms with E-state index in [1.807, 2.05) is 24.3 Å². The number of nitrogens with one attached hydrogen (secondary N) is 1. The number of carbonyl (C=O) groups excluding carboxylic acids is 1. The van der Waals surface area contributed by atoms with Crippen molar-refractivity contribution in [2.45, 2.75) is 44.2 Å². The lowest BCUT2D eigenvalue weighted by atomic mass is 9.76. The fourth-order valence-corrected chi connectivity index (χ4v) is 3.68. The number of carbonyl (C=O) groups is 1. The van der Waals surface area contributed by atoms with Crippen molar-refractivity contribution in [1.82, 2.24) is 15.5 Å². The minimum Gasteiger partial charge on any atom is -0.497 e. The predicted molar refractivity (Wildman–Crippen MR) is 93.6 cm³/mol. The van der Waals surface area contributed by atoms with Gasteiger partial charge in [-0.1, -0.05) is 17.3 Å². The number of fused-ring (bicyclic) bond motifs is 1. The second kappa shape index (κ2) is 7.45. The lowest BCUT2D eigenvalue weighted by Crippen LogP contribution is -2.53. The summed E-state index contributed by atoms with van der Waals surface area (Å²) in [4.78, 5) is 16.5. The van der Waals surface area contributed by atoms with Gasteiger partial charge in [0.1, 0.15) is 5.75 Å². The molecule has 1 amide bonds. The van der Waals surface area contributed by atoms with Crippen molar-refractivity contribution in [3.63, 3.8) is 0 Å². The first-order valence-corrected chi connectivity index (χ1v) is 9.11. The van der Waals surface area contributed by atoms with Crippen LogP contribution in [0.25, 0.3) is 11.4 Å². The van der Waals surface area contributed by atoms with Gasteiger partial charge in [-0.2, -0.15) is 4.98 Å². The maximum atomic E-state index is 12.1. The molecule has 0 spiro atoms. The summed E-state index contributed by atoms with van der Waals surface area (Å²) in [5, 5.41) is 7.13. The van der Waals surface area contributed by atoms with Crippen LogP contribution in [0.15, 0.2) is 28.8 Å². The quantitative estimate of drug-likeness (QED) is 0.819. The van der Waals surface area contributed by atoms with Gasteiger partial charge in [-0.3, -0.25) is 4.79 Å². The molecule has 0 radical (unpaired) electrons. The minimum atomic E-state index is 0.0906. The first kappa shape index (κ1) is 17.0. The monoisotopic (exact) mass is 357 g/mol. The number of methoxy groups -OCH3 is 1. The van der Waals surface area contributed by atoms with Crippen LogP contribution in [0, 0.1) is 5.92 Å². The largest absolute Gasteiger partial charge is 0.497 e. The summed E-state index contributed by atoms with van der Waals surface area (Å²) >= 11 is 0. The average Bonchev–Trinajstić information content (AvgIpc) is 3.26. The molecule has 7 nitrogen and oxygen atoms in total. The minimum absolute atomic E-state index is 0.0906. The highest BCUT2D eigenvalue weighted by atomic mass is 16.5. The normalized spacial score (nSPS) is 24.0. The van der Waals surface area contributed by atoms with Gasteiger partial charge in [0.2, 0.25) is 17.6 Å². The van der Waals surface area contributed by atoms with Crippen LogP contribution in [0.5, 0.6) is 5.75 Å². The van der Waals surface area contributed by atoms with Gasteiger partial charge < -0.3 is 19.3 Å². The van der Waals surface area contributed by atoms with Crippen molar-refractivity contribution in [3.05, 3.63) is 30.2 Å². The Hall–Kier alpha value is -2.41. The van der Waals surface area contributed by atoms with E-state index in [2.05, 4.69) is 15.5 Å². The Bertz CT molecular complexity index is 776.